The first-order valence-electron chi connectivity index (χ1n) is 7.36. The van der Waals surface area contributed by atoms with Crippen LogP contribution in [0.2, 0.25) is 0 Å². The summed E-state index contributed by atoms with van der Waals surface area (Å²) in [5.74, 6) is 0.922. The molecule has 6 heteroatoms. The lowest BCUT2D eigenvalue weighted by Crippen LogP contribution is -2.30. The molecule has 2 aromatic rings. The summed E-state index contributed by atoms with van der Waals surface area (Å²) >= 11 is 0. The number of alkyl halides is 2. The van der Waals surface area contributed by atoms with Crippen LogP contribution in [0.5, 0.6) is 5.75 Å². The Balaban J connectivity index is 1.71. The van der Waals surface area contributed by atoms with Crippen LogP contribution in [-0.4, -0.2) is 33.8 Å². The Morgan fingerprint density at radius 2 is 2.18 bits per heavy atom. The largest absolute Gasteiger partial charge is 0.489 e. The summed E-state index contributed by atoms with van der Waals surface area (Å²) in [4.78, 5) is 2.25. The van der Waals surface area contributed by atoms with Gasteiger partial charge in [-0.15, -0.1) is 0 Å². The van der Waals surface area contributed by atoms with Gasteiger partial charge < -0.3 is 4.74 Å². The van der Waals surface area contributed by atoms with Crippen LogP contribution in [-0.2, 0) is 19.6 Å². The Hall–Kier alpha value is -1.95. The second-order valence-electron chi connectivity index (χ2n) is 5.67. The van der Waals surface area contributed by atoms with Crippen molar-refractivity contribution in [3.8, 4) is 5.75 Å². The SMILES string of the molecule is CC1CN(Cc2cnn(CC(F)F)c2)Cc2ccccc2O1. The smallest absolute Gasteiger partial charge is 0.257 e. The molecule has 3 rings (SSSR count). The maximum absolute atomic E-state index is 12.4. The van der Waals surface area contributed by atoms with Gasteiger partial charge >= 0.3 is 0 Å². The van der Waals surface area contributed by atoms with E-state index in [-0.39, 0.29) is 12.6 Å². The molecule has 0 N–H and O–H groups in total. The van der Waals surface area contributed by atoms with Crippen molar-refractivity contribution in [2.24, 2.45) is 0 Å². The van der Waals surface area contributed by atoms with E-state index in [1.807, 2.05) is 25.1 Å². The molecular formula is C16H19F2N3O. The van der Waals surface area contributed by atoms with Gasteiger partial charge in [0.1, 0.15) is 18.4 Å². The topological polar surface area (TPSA) is 30.3 Å². The van der Waals surface area contributed by atoms with Crippen LogP contribution in [0.25, 0.3) is 0 Å². The predicted octanol–water partition coefficient (Wildman–Crippen LogP) is 2.93. The van der Waals surface area contributed by atoms with Gasteiger partial charge in [0, 0.05) is 37.0 Å². The van der Waals surface area contributed by atoms with E-state index in [0.717, 1.165) is 30.0 Å². The lowest BCUT2D eigenvalue weighted by Gasteiger charge is -2.21. The van der Waals surface area contributed by atoms with Crippen molar-refractivity contribution in [2.45, 2.75) is 39.1 Å². The summed E-state index contributed by atoms with van der Waals surface area (Å²) in [6.45, 7) is 3.91. The van der Waals surface area contributed by atoms with Crippen LogP contribution >= 0.6 is 0 Å². The summed E-state index contributed by atoms with van der Waals surface area (Å²) in [5.41, 5.74) is 2.08. The van der Waals surface area contributed by atoms with Crippen molar-refractivity contribution in [3.63, 3.8) is 0 Å². The van der Waals surface area contributed by atoms with Crippen molar-refractivity contribution in [1.29, 1.82) is 0 Å². The van der Waals surface area contributed by atoms with E-state index >= 15 is 0 Å². The number of hydrogen-bond donors (Lipinski definition) is 0. The highest BCUT2D eigenvalue weighted by molar-refractivity contribution is 5.34. The molecule has 0 spiro atoms. The van der Waals surface area contributed by atoms with Crippen LogP contribution in [0, 0.1) is 0 Å². The number of ether oxygens (including phenoxy) is 1. The highest BCUT2D eigenvalue weighted by atomic mass is 19.3. The van der Waals surface area contributed by atoms with Crippen molar-refractivity contribution >= 4 is 0 Å². The average molecular weight is 307 g/mol. The Labute approximate surface area is 128 Å². The molecule has 1 atom stereocenters. The zero-order valence-corrected chi connectivity index (χ0v) is 12.5. The summed E-state index contributed by atoms with van der Waals surface area (Å²) < 4.78 is 32.0. The molecule has 0 aliphatic carbocycles. The number of rotatable bonds is 4. The second-order valence-corrected chi connectivity index (χ2v) is 5.67. The molecule has 0 saturated carbocycles. The highest BCUT2D eigenvalue weighted by Gasteiger charge is 2.20. The molecule has 1 aromatic heterocycles. The first kappa shape index (κ1) is 15.0. The molecule has 0 fully saturated rings. The van der Waals surface area contributed by atoms with Gasteiger partial charge in [0.05, 0.1) is 6.20 Å². The number of hydrogen-bond acceptors (Lipinski definition) is 3. The van der Waals surface area contributed by atoms with Crippen molar-refractivity contribution in [2.75, 3.05) is 6.54 Å². The Morgan fingerprint density at radius 3 is 3.00 bits per heavy atom. The standard InChI is InChI=1S/C16H19F2N3O/c1-12-7-20(10-14-4-2-3-5-15(14)22-12)8-13-6-19-21(9-13)11-16(17)18/h2-6,9,12,16H,7-8,10-11H2,1H3. The fourth-order valence-corrected chi connectivity index (χ4v) is 2.78. The van der Waals surface area contributed by atoms with Crippen LogP contribution in [0.4, 0.5) is 8.78 Å². The van der Waals surface area contributed by atoms with Gasteiger partial charge in [0.15, 0.2) is 0 Å². The maximum Gasteiger partial charge on any atom is 0.257 e. The van der Waals surface area contributed by atoms with Gasteiger partial charge in [-0.3, -0.25) is 9.58 Å². The molecule has 22 heavy (non-hydrogen) atoms. The zero-order valence-electron chi connectivity index (χ0n) is 12.5. The molecule has 2 heterocycles. The molecule has 1 aromatic carbocycles. The molecule has 0 radical (unpaired) electrons. The highest BCUT2D eigenvalue weighted by Crippen LogP contribution is 2.25. The quantitative estimate of drug-likeness (QED) is 0.870. The molecule has 1 aliphatic heterocycles. The third-order valence-corrected chi connectivity index (χ3v) is 3.63. The van der Waals surface area contributed by atoms with Gasteiger partial charge in [0.25, 0.3) is 6.43 Å². The molecule has 0 amide bonds. The van der Waals surface area contributed by atoms with Crippen LogP contribution in [0.3, 0.4) is 0 Å². The van der Waals surface area contributed by atoms with Gasteiger partial charge in [-0.1, -0.05) is 18.2 Å². The minimum absolute atomic E-state index is 0.0831. The van der Waals surface area contributed by atoms with E-state index in [2.05, 4.69) is 16.1 Å². The molecule has 0 saturated heterocycles. The number of benzene rings is 1. The Bertz CT molecular complexity index is 629. The van der Waals surface area contributed by atoms with Crippen LogP contribution in [0.15, 0.2) is 36.7 Å². The lowest BCUT2D eigenvalue weighted by atomic mass is 10.2. The number of halogens is 2. The minimum atomic E-state index is -2.38. The van der Waals surface area contributed by atoms with Crippen molar-refractivity contribution in [3.05, 3.63) is 47.8 Å². The number of nitrogens with zero attached hydrogens (tertiary/aromatic N) is 3. The summed E-state index contributed by atoms with van der Waals surface area (Å²) in [6, 6.07) is 8.00. The normalized spacial score (nSPS) is 18.8. The van der Waals surface area contributed by atoms with E-state index < -0.39 is 6.43 Å². The van der Waals surface area contributed by atoms with E-state index in [9.17, 15) is 8.78 Å². The van der Waals surface area contributed by atoms with Gasteiger partial charge in [-0.2, -0.15) is 5.10 Å². The Kier molecular flexibility index (Phi) is 4.38. The van der Waals surface area contributed by atoms with E-state index in [1.54, 1.807) is 12.4 Å². The van der Waals surface area contributed by atoms with E-state index in [0.29, 0.717) is 6.54 Å². The molecule has 118 valence electrons. The Morgan fingerprint density at radius 1 is 1.36 bits per heavy atom. The fourth-order valence-electron chi connectivity index (χ4n) is 2.78. The minimum Gasteiger partial charge on any atom is -0.489 e. The first-order valence-corrected chi connectivity index (χ1v) is 7.36. The summed E-state index contributed by atoms with van der Waals surface area (Å²) in [5, 5.41) is 3.99. The van der Waals surface area contributed by atoms with E-state index in [4.69, 9.17) is 4.74 Å². The van der Waals surface area contributed by atoms with Crippen molar-refractivity contribution in [1.82, 2.24) is 14.7 Å². The molecule has 0 bridgehead atoms. The summed E-state index contributed by atoms with van der Waals surface area (Å²) in [7, 11) is 0. The number of fused-ring (bicyclic) bond motifs is 1. The fraction of sp³-hybridized carbons (Fsp3) is 0.438. The van der Waals surface area contributed by atoms with Crippen LogP contribution in [0.1, 0.15) is 18.1 Å². The monoisotopic (exact) mass is 307 g/mol. The van der Waals surface area contributed by atoms with E-state index in [1.165, 1.54) is 4.68 Å². The summed E-state index contributed by atoms with van der Waals surface area (Å²) in [6.07, 6.45) is 1.05. The van der Waals surface area contributed by atoms with Gasteiger partial charge in [0.2, 0.25) is 0 Å². The average Bonchev–Trinajstić information content (AvgIpc) is 2.79. The number of aromatic nitrogens is 2. The third kappa shape index (κ3) is 3.62. The molecule has 4 nitrogen and oxygen atoms in total. The second kappa shape index (κ2) is 6.44. The van der Waals surface area contributed by atoms with Gasteiger partial charge in [-0.25, -0.2) is 8.78 Å². The van der Waals surface area contributed by atoms with Crippen LogP contribution < -0.4 is 4.74 Å². The lowest BCUT2D eigenvalue weighted by molar-refractivity contribution is 0.121. The van der Waals surface area contributed by atoms with Crippen molar-refractivity contribution < 1.29 is 13.5 Å². The molecule has 1 unspecified atom stereocenters. The first-order chi connectivity index (χ1) is 10.6. The maximum atomic E-state index is 12.4. The zero-order chi connectivity index (χ0) is 15.5. The molecule has 1 aliphatic rings. The third-order valence-electron chi connectivity index (χ3n) is 3.63. The number of para-hydroxylation sites is 1. The predicted molar refractivity (Wildman–Crippen MR) is 78.9 cm³/mol. The molecular weight excluding hydrogens is 288 g/mol. The van der Waals surface area contributed by atoms with Gasteiger partial charge in [-0.05, 0) is 13.0 Å².